The Morgan fingerprint density at radius 1 is 0.900 bits per heavy atom. The van der Waals surface area contributed by atoms with Crippen LogP contribution in [0, 0.1) is 5.82 Å². The number of hydrogen-bond donors (Lipinski definition) is 1. The number of sulfonamides is 1. The lowest BCUT2D eigenvalue weighted by Gasteiger charge is -2.29. The molecule has 1 amide bonds. The predicted molar refractivity (Wildman–Crippen MR) is 143 cm³/mol. The molecule has 0 spiro atoms. The third kappa shape index (κ3) is 5.68. The van der Waals surface area contributed by atoms with Gasteiger partial charge in [0.15, 0.2) is 0 Å². The number of morpholine rings is 2. The van der Waals surface area contributed by atoms with Crippen molar-refractivity contribution in [3.8, 4) is 0 Å². The minimum absolute atomic E-state index is 0.0279. The number of nitrogens with zero attached hydrogens (tertiary/aromatic N) is 3. The Balaban J connectivity index is 1.45. The molecular weight excluding hydrogens is 541 g/mol. The van der Waals surface area contributed by atoms with E-state index in [9.17, 15) is 23.1 Å². The van der Waals surface area contributed by atoms with E-state index < -0.39 is 39.3 Å². The zero-order valence-electron chi connectivity index (χ0n) is 22.0. The molecule has 0 radical (unpaired) electrons. The number of halogens is 1. The van der Waals surface area contributed by atoms with Crippen LogP contribution in [0.1, 0.15) is 23.6 Å². The summed E-state index contributed by atoms with van der Waals surface area (Å²) in [5.41, 5.74) is 0.0139. The highest BCUT2D eigenvalue weighted by molar-refractivity contribution is 7.89. The summed E-state index contributed by atoms with van der Waals surface area (Å²) in [4.78, 5) is 30.0. The summed E-state index contributed by atoms with van der Waals surface area (Å²) >= 11 is 0. The second-order valence-corrected chi connectivity index (χ2v) is 11.8. The highest BCUT2D eigenvalue weighted by Crippen LogP contribution is 2.40. The van der Waals surface area contributed by atoms with Crippen molar-refractivity contribution in [2.45, 2.75) is 17.4 Å². The van der Waals surface area contributed by atoms with Gasteiger partial charge in [0.1, 0.15) is 11.6 Å². The van der Waals surface area contributed by atoms with E-state index in [0.717, 1.165) is 13.1 Å². The number of carbonyl (C=O) groups excluding carboxylic acids is 2. The highest BCUT2D eigenvalue weighted by Gasteiger charge is 2.46. The Bertz CT molecular complexity index is 1380. The second-order valence-electron chi connectivity index (χ2n) is 9.86. The Morgan fingerprint density at radius 3 is 2.17 bits per heavy atom. The molecule has 2 aromatic carbocycles. The molecule has 3 fully saturated rings. The molecule has 2 aromatic rings. The van der Waals surface area contributed by atoms with Gasteiger partial charge < -0.3 is 19.5 Å². The molecule has 214 valence electrons. The zero-order valence-corrected chi connectivity index (χ0v) is 22.8. The first-order valence-electron chi connectivity index (χ1n) is 13.3. The summed E-state index contributed by atoms with van der Waals surface area (Å²) in [5, 5.41) is 11.3. The van der Waals surface area contributed by atoms with Gasteiger partial charge in [-0.2, -0.15) is 4.31 Å². The lowest BCUT2D eigenvalue weighted by atomic mass is 9.95. The molecule has 1 unspecified atom stereocenters. The first kappa shape index (κ1) is 28.4. The van der Waals surface area contributed by atoms with E-state index in [-0.39, 0.29) is 41.2 Å². The summed E-state index contributed by atoms with van der Waals surface area (Å²) in [6.07, 6.45) is 0.548. The highest BCUT2D eigenvalue weighted by atomic mass is 32.2. The lowest BCUT2D eigenvalue weighted by molar-refractivity contribution is -0.140. The number of carbonyl (C=O) groups is 2. The number of Topliss-reactive ketones (excluding diaryl/α,β-unsaturated/α-hetero) is 1. The van der Waals surface area contributed by atoms with Gasteiger partial charge in [-0.15, -0.1) is 0 Å². The number of rotatable bonds is 8. The molecule has 0 aliphatic carbocycles. The number of ether oxygens (including phenoxy) is 2. The minimum Gasteiger partial charge on any atom is -0.507 e. The van der Waals surface area contributed by atoms with Crippen LogP contribution in [0.4, 0.5) is 4.39 Å². The van der Waals surface area contributed by atoms with Crippen molar-refractivity contribution >= 4 is 27.5 Å². The predicted octanol–water partition coefficient (Wildman–Crippen LogP) is 1.99. The number of amides is 1. The van der Waals surface area contributed by atoms with Crippen LogP contribution in [0.25, 0.3) is 5.76 Å². The number of ketones is 1. The van der Waals surface area contributed by atoms with Crippen LogP contribution in [0.3, 0.4) is 0 Å². The maximum Gasteiger partial charge on any atom is 0.295 e. The monoisotopic (exact) mass is 573 g/mol. The first-order chi connectivity index (χ1) is 19.3. The van der Waals surface area contributed by atoms with Gasteiger partial charge in [0.05, 0.1) is 42.9 Å². The van der Waals surface area contributed by atoms with Crippen LogP contribution >= 0.6 is 0 Å². The number of aliphatic hydroxyl groups excluding tert-OH is 1. The minimum atomic E-state index is -3.77. The third-order valence-electron chi connectivity index (χ3n) is 7.45. The van der Waals surface area contributed by atoms with Gasteiger partial charge in [0.2, 0.25) is 10.0 Å². The van der Waals surface area contributed by atoms with E-state index in [1.807, 2.05) is 0 Å². The zero-order chi connectivity index (χ0) is 28.3. The first-order valence-corrected chi connectivity index (χ1v) is 14.7. The van der Waals surface area contributed by atoms with Crippen molar-refractivity contribution in [1.29, 1.82) is 0 Å². The lowest BCUT2D eigenvalue weighted by Crippen LogP contribution is -2.40. The normalized spacial score (nSPS) is 22.6. The van der Waals surface area contributed by atoms with Crippen LogP contribution in [-0.2, 0) is 29.1 Å². The molecule has 3 saturated heterocycles. The average molecular weight is 574 g/mol. The Kier molecular flexibility index (Phi) is 8.62. The molecule has 12 heteroatoms. The fraction of sp³-hybridized carbons (Fsp3) is 0.429. The van der Waals surface area contributed by atoms with E-state index in [4.69, 9.17) is 9.47 Å². The van der Waals surface area contributed by atoms with Crippen molar-refractivity contribution in [1.82, 2.24) is 14.1 Å². The molecule has 3 heterocycles. The van der Waals surface area contributed by atoms with Crippen LogP contribution in [0.5, 0.6) is 0 Å². The van der Waals surface area contributed by atoms with Crippen LogP contribution in [0.2, 0.25) is 0 Å². The molecule has 0 saturated carbocycles. The molecule has 0 aromatic heterocycles. The van der Waals surface area contributed by atoms with Gasteiger partial charge in [-0.05, 0) is 36.8 Å². The molecule has 3 aliphatic heterocycles. The quantitative estimate of drug-likeness (QED) is 0.290. The third-order valence-corrected chi connectivity index (χ3v) is 9.37. The standard InChI is InChI=1S/C28H32FN3O7S/c29-23-5-2-1-4-22(23)25-24(27(34)28(35)32(25)11-3-10-30-12-16-38-17-13-30)26(33)20-6-8-21(9-7-20)40(36,37)31-14-18-39-19-15-31/h1-2,4-9,25,33H,3,10-19H2/b26-24-. The largest absolute Gasteiger partial charge is 0.507 e. The van der Waals surface area contributed by atoms with Gasteiger partial charge in [-0.25, -0.2) is 12.8 Å². The van der Waals surface area contributed by atoms with Crippen molar-refractivity contribution in [2.24, 2.45) is 0 Å². The van der Waals surface area contributed by atoms with Crippen molar-refractivity contribution < 1.29 is 37.0 Å². The Morgan fingerprint density at radius 2 is 1.52 bits per heavy atom. The van der Waals surface area contributed by atoms with Crippen LogP contribution in [0.15, 0.2) is 59.0 Å². The molecule has 1 atom stereocenters. The summed E-state index contributed by atoms with van der Waals surface area (Å²) in [5.74, 6) is -2.83. The SMILES string of the molecule is O=C1C(=O)N(CCCN2CCOCC2)C(c2ccccc2F)/C1=C(/O)c1ccc(S(=O)(=O)N2CCOCC2)cc1. The van der Waals surface area contributed by atoms with Crippen molar-refractivity contribution in [3.63, 3.8) is 0 Å². The van der Waals surface area contributed by atoms with Crippen LogP contribution in [-0.4, -0.2) is 105 Å². The molecule has 10 nitrogen and oxygen atoms in total. The molecule has 3 aliphatic rings. The van der Waals surface area contributed by atoms with Gasteiger partial charge in [-0.3, -0.25) is 14.5 Å². The maximum absolute atomic E-state index is 15.0. The van der Waals surface area contributed by atoms with E-state index >= 15 is 4.39 Å². The number of hydrogen-bond acceptors (Lipinski definition) is 8. The number of benzene rings is 2. The van der Waals surface area contributed by atoms with Crippen LogP contribution < -0.4 is 0 Å². The average Bonchev–Trinajstić information content (AvgIpc) is 3.23. The van der Waals surface area contributed by atoms with E-state index in [0.29, 0.717) is 39.4 Å². The van der Waals surface area contributed by atoms with Crippen molar-refractivity contribution in [3.05, 3.63) is 71.0 Å². The van der Waals surface area contributed by atoms with E-state index in [2.05, 4.69) is 4.90 Å². The summed E-state index contributed by atoms with van der Waals surface area (Å²) in [7, 11) is -3.77. The maximum atomic E-state index is 15.0. The van der Waals surface area contributed by atoms with E-state index in [1.165, 1.54) is 51.7 Å². The molecule has 1 N–H and O–H groups in total. The van der Waals surface area contributed by atoms with Gasteiger partial charge in [0.25, 0.3) is 11.7 Å². The van der Waals surface area contributed by atoms with Gasteiger partial charge >= 0.3 is 0 Å². The number of likely N-dealkylation sites (tertiary alicyclic amines) is 1. The fourth-order valence-electron chi connectivity index (χ4n) is 5.30. The molecule has 40 heavy (non-hydrogen) atoms. The summed E-state index contributed by atoms with van der Waals surface area (Å²) in [6.45, 7) is 4.76. The fourth-order valence-corrected chi connectivity index (χ4v) is 6.70. The summed E-state index contributed by atoms with van der Waals surface area (Å²) in [6, 6.07) is 10.2. The van der Waals surface area contributed by atoms with Crippen molar-refractivity contribution in [2.75, 3.05) is 65.7 Å². The van der Waals surface area contributed by atoms with E-state index in [1.54, 1.807) is 6.07 Å². The van der Waals surface area contributed by atoms with Gasteiger partial charge in [-0.1, -0.05) is 18.2 Å². The number of aliphatic hydroxyl groups is 1. The Labute approximate surface area is 232 Å². The topological polar surface area (TPSA) is 117 Å². The van der Waals surface area contributed by atoms with Gasteiger partial charge in [0, 0.05) is 50.4 Å². The Hall–Kier alpha value is -3.16. The molecular formula is C28H32FN3O7S. The second kappa shape index (κ2) is 12.1. The molecule has 5 rings (SSSR count). The molecule has 0 bridgehead atoms. The summed E-state index contributed by atoms with van der Waals surface area (Å²) < 4.78 is 52.9. The smallest absolute Gasteiger partial charge is 0.295 e.